The molecule has 1 aliphatic rings. The monoisotopic (exact) mass is 304 g/mol. The van der Waals surface area contributed by atoms with Crippen LogP contribution in [0.5, 0.6) is 0 Å². The molecule has 0 saturated heterocycles. The van der Waals surface area contributed by atoms with Gasteiger partial charge < -0.3 is 15.0 Å². The Morgan fingerprint density at radius 3 is 2.77 bits per heavy atom. The van der Waals surface area contributed by atoms with E-state index in [9.17, 15) is 9.59 Å². The van der Waals surface area contributed by atoms with Crippen molar-refractivity contribution >= 4 is 17.5 Å². The van der Waals surface area contributed by atoms with Crippen molar-refractivity contribution in [1.29, 1.82) is 0 Å². The van der Waals surface area contributed by atoms with E-state index in [4.69, 9.17) is 4.74 Å². The summed E-state index contributed by atoms with van der Waals surface area (Å²) >= 11 is 0. The molecule has 5 heteroatoms. The van der Waals surface area contributed by atoms with E-state index in [1.54, 1.807) is 25.9 Å². The first-order chi connectivity index (χ1) is 10.5. The molecule has 0 atom stereocenters. The van der Waals surface area contributed by atoms with E-state index in [1.807, 2.05) is 24.3 Å². The van der Waals surface area contributed by atoms with Crippen LogP contribution in [0.3, 0.4) is 0 Å². The predicted octanol–water partition coefficient (Wildman–Crippen LogP) is 1.75. The number of aryl methyl sites for hydroxylation is 1. The molecule has 120 valence electrons. The maximum Gasteiger partial charge on any atom is 0.242 e. The Labute approximate surface area is 131 Å². The Kier molecular flexibility index (Phi) is 5.19. The van der Waals surface area contributed by atoms with Crippen LogP contribution in [0.1, 0.15) is 25.8 Å². The summed E-state index contributed by atoms with van der Waals surface area (Å²) in [6.07, 6.45) is 1.89. The quantitative estimate of drug-likeness (QED) is 0.666. The SMILES string of the molecule is COCCNC(=O)C(C)(C)C(=O)N1CCCc2ccccc21. The number of amides is 2. The number of nitrogens with zero attached hydrogens (tertiary/aromatic N) is 1. The number of fused-ring (bicyclic) bond motifs is 1. The van der Waals surface area contributed by atoms with Crippen LogP contribution in [0.15, 0.2) is 24.3 Å². The average molecular weight is 304 g/mol. The minimum Gasteiger partial charge on any atom is -0.383 e. The van der Waals surface area contributed by atoms with E-state index < -0.39 is 5.41 Å². The van der Waals surface area contributed by atoms with Crippen LogP contribution < -0.4 is 10.2 Å². The van der Waals surface area contributed by atoms with Crippen molar-refractivity contribution in [3.63, 3.8) is 0 Å². The Morgan fingerprint density at radius 1 is 1.32 bits per heavy atom. The molecule has 5 nitrogen and oxygen atoms in total. The zero-order valence-electron chi connectivity index (χ0n) is 13.5. The largest absolute Gasteiger partial charge is 0.383 e. The Balaban J connectivity index is 2.15. The first-order valence-corrected chi connectivity index (χ1v) is 7.65. The molecule has 0 fully saturated rings. The van der Waals surface area contributed by atoms with Gasteiger partial charge >= 0.3 is 0 Å². The third-order valence-corrected chi connectivity index (χ3v) is 4.05. The second kappa shape index (κ2) is 6.92. The number of hydrogen-bond donors (Lipinski definition) is 1. The van der Waals surface area contributed by atoms with Crippen molar-refractivity contribution in [2.75, 3.05) is 31.7 Å². The number of ether oxygens (including phenoxy) is 1. The molecule has 0 aromatic heterocycles. The van der Waals surface area contributed by atoms with Crippen LogP contribution in [0.4, 0.5) is 5.69 Å². The van der Waals surface area contributed by atoms with Gasteiger partial charge in [-0.15, -0.1) is 0 Å². The summed E-state index contributed by atoms with van der Waals surface area (Å²) in [4.78, 5) is 27.0. The first-order valence-electron chi connectivity index (χ1n) is 7.65. The molecular formula is C17H24N2O3. The number of benzene rings is 1. The Hall–Kier alpha value is -1.88. The molecule has 0 aliphatic carbocycles. The van der Waals surface area contributed by atoms with Crippen LogP contribution in [0, 0.1) is 5.41 Å². The molecule has 1 aromatic carbocycles. The minimum absolute atomic E-state index is 0.158. The van der Waals surface area contributed by atoms with Gasteiger partial charge in [0.2, 0.25) is 11.8 Å². The fourth-order valence-corrected chi connectivity index (χ4v) is 2.67. The normalized spacial score (nSPS) is 14.4. The fourth-order valence-electron chi connectivity index (χ4n) is 2.67. The topological polar surface area (TPSA) is 58.6 Å². The second-order valence-electron chi connectivity index (χ2n) is 6.06. The van der Waals surface area contributed by atoms with E-state index in [0.717, 1.165) is 24.1 Å². The van der Waals surface area contributed by atoms with Crippen molar-refractivity contribution in [2.24, 2.45) is 5.41 Å². The number of hydrogen-bond acceptors (Lipinski definition) is 3. The standard InChI is InChI=1S/C17H24N2O3/c1-17(2,15(20)18-10-12-22-3)16(21)19-11-6-8-13-7-4-5-9-14(13)19/h4-5,7,9H,6,8,10-12H2,1-3H3,(H,18,20). The van der Waals surface area contributed by atoms with Crippen LogP contribution >= 0.6 is 0 Å². The van der Waals surface area contributed by atoms with Crippen LogP contribution in [-0.4, -0.2) is 38.6 Å². The molecule has 1 aromatic rings. The highest BCUT2D eigenvalue weighted by molar-refractivity contribution is 6.11. The lowest BCUT2D eigenvalue weighted by Gasteiger charge is -2.35. The number of nitrogens with one attached hydrogen (secondary N) is 1. The van der Waals surface area contributed by atoms with E-state index in [-0.39, 0.29) is 11.8 Å². The highest BCUT2D eigenvalue weighted by Gasteiger charge is 2.40. The Morgan fingerprint density at radius 2 is 2.05 bits per heavy atom. The molecule has 2 rings (SSSR count). The van der Waals surface area contributed by atoms with Gasteiger partial charge in [-0.2, -0.15) is 0 Å². The van der Waals surface area contributed by atoms with Crippen LogP contribution in [0.2, 0.25) is 0 Å². The zero-order valence-corrected chi connectivity index (χ0v) is 13.5. The van der Waals surface area contributed by atoms with Crippen molar-refractivity contribution < 1.29 is 14.3 Å². The average Bonchev–Trinajstić information content (AvgIpc) is 2.53. The molecule has 0 unspecified atom stereocenters. The van der Waals surface area contributed by atoms with Crippen molar-refractivity contribution in [2.45, 2.75) is 26.7 Å². The molecule has 2 amide bonds. The third kappa shape index (κ3) is 3.30. The third-order valence-electron chi connectivity index (χ3n) is 4.05. The van der Waals surface area contributed by atoms with Gasteiger partial charge in [-0.25, -0.2) is 0 Å². The van der Waals surface area contributed by atoms with Crippen molar-refractivity contribution in [1.82, 2.24) is 5.32 Å². The lowest BCUT2D eigenvalue weighted by atomic mass is 9.88. The molecule has 0 radical (unpaired) electrons. The first kappa shape index (κ1) is 16.5. The molecule has 0 saturated carbocycles. The van der Waals surface area contributed by atoms with Crippen LogP contribution in [0.25, 0.3) is 0 Å². The molecule has 1 N–H and O–H groups in total. The molecule has 0 spiro atoms. The molecular weight excluding hydrogens is 280 g/mol. The van der Waals surface area contributed by atoms with Crippen molar-refractivity contribution in [3.8, 4) is 0 Å². The van der Waals surface area contributed by atoms with Gasteiger partial charge in [-0.05, 0) is 38.3 Å². The number of para-hydroxylation sites is 1. The molecule has 22 heavy (non-hydrogen) atoms. The lowest BCUT2D eigenvalue weighted by Crippen LogP contribution is -2.51. The smallest absolute Gasteiger partial charge is 0.242 e. The van der Waals surface area contributed by atoms with Gasteiger partial charge in [-0.1, -0.05) is 18.2 Å². The fraction of sp³-hybridized carbons (Fsp3) is 0.529. The van der Waals surface area contributed by atoms with E-state index in [0.29, 0.717) is 19.7 Å². The van der Waals surface area contributed by atoms with Gasteiger partial charge in [0.1, 0.15) is 5.41 Å². The van der Waals surface area contributed by atoms with Gasteiger partial charge in [0.05, 0.1) is 6.61 Å². The summed E-state index contributed by atoms with van der Waals surface area (Å²) in [5.74, 6) is -0.424. The zero-order chi connectivity index (χ0) is 16.2. The van der Waals surface area contributed by atoms with Crippen molar-refractivity contribution in [3.05, 3.63) is 29.8 Å². The summed E-state index contributed by atoms with van der Waals surface area (Å²) in [5.41, 5.74) is 0.993. The molecule has 1 aliphatic heterocycles. The van der Waals surface area contributed by atoms with Crippen LogP contribution in [-0.2, 0) is 20.7 Å². The summed E-state index contributed by atoms with van der Waals surface area (Å²) in [6.45, 7) is 4.85. The summed E-state index contributed by atoms with van der Waals surface area (Å²) in [6, 6.07) is 7.90. The summed E-state index contributed by atoms with van der Waals surface area (Å²) in [7, 11) is 1.58. The maximum atomic E-state index is 12.9. The number of rotatable bonds is 5. The van der Waals surface area contributed by atoms with E-state index in [1.165, 1.54) is 0 Å². The minimum atomic E-state index is -1.10. The van der Waals surface area contributed by atoms with Gasteiger partial charge in [0.15, 0.2) is 0 Å². The summed E-state index contributed by atoms with van der Waals surface area (Å²) < 4.78 is 4.92. The highest BCUT2D eigenvalue weighted by Crippen LogP contribution is 2.31. The van der Waals surface area contributed by atoms with Gasteiger partial charge in [-0.3, -0.25) is 9.59 Å². The number of carbonyl (C=O) groups excluding carboxylic acids is 2. The van der Waals surface area contributed by atoms with Gasteiger partial charge in [0.25, 0.3) is 0 Å². The maximum absolute atomic E-state index is 12.9. The highest BCUT2D eigenvalue weighted by atomic mass is 16.5. The predicted molar refractivity (Wildman–Crippen MR) is 85.8 cm³/mol. The van der Waals surface area contributed by atoms with E-state index in [2.05, 4.69) is 5.32 Å². The number of methoxy groups -OCH3 is 1. The Bertz CT molecular complexity index is 555. The number of anilines is 1. The lowest BCUT2D eigenvalue weighted by molar-refractivity contribution is -0.140. The van der Waals surface area contributed by atoms with Gasteiger partial charge in [0, 0.05) is 25.9 Å². The summed E-state index contributed by atoms with van der Waals surface area (Å²) in [5, 5.41) is 2.76. The van der Waals surface area contributed by atoms with E-state index >= 15 is 0 Å². The number of carbonyl (C=O) groups is 2. The second-order valence-corrected chi connectivity index (χ2v) is 6.06. The molecule has 0 bridgehead atoms. The molecule has 1 heterocycles.